The van der Waals surface area contributed by atoms with Gasteiger partial charge in [-0.25, -0.2) is 0 Å². The molecule has 0 bridgehead atoms. The maximum atomic E-state index is 5.17. The summed E-state index contributed by atoms with van der Waals surface area (Å²) < 4.78 is 6.37. The highest BCUT2D eigenvalue weighted by atomic mass is 79.9. The molecule has 1 aromatic heterocycles. The Hall–Kier alpha value is -0.840. The van der Waals surface area contributed by atoms with Crippen molar-refractivity contribution in [1.29, 1.82) is 0 Å². The minimum atomic E-state index is 0.326. The van der Waals surface area contributed by atoms with E-state index in [2.05, 4.69) is 53.3 Å². The van der Waals surface area contributed by atoms with E-state index in [0.717, 1.165) is 12.3 Å². The van der Waals surface area contributed by atoms with Crippen LogP contribution in [-0.2, 0) is 6.54 Å². The monoisotopic (exact) mass is 339 g/mol. The third kappa shape index (κ3) is 3.81. The van der Waals surface area contributed by atoms with Gasteiger partial charge in [0.1, 0.15) is 5.75 Å². The second kappa shape index (κ2) is 6.55. The van der Waals surface area contributed by atoms with E-state index >= 15 is 0 Å². The van der Waals surface area contributed by atoms with E-state index in [9.17, 15) is 0 Å². The van der Waals surface area contributed by atoms with Crippen LogP contribution in [0.2, 0.25) is 0 Å². The second-order valence-corrected chi connectivity index (χ2v) is 6.69. The van der Waals surface area contributed by atoms with Gasteiger partial charge in [-0.15, -0.1) is 11.3 Å². The van der Waals surface area contributed by atoms with Gasteiger partial charge in [-0.3, -0.25) is 0 Å². The number of nitrogens with one attached hydrogen (secondary N) is 1. The van der Waals surface area contributed by atoms with E-state index in [0.29, 0.717) is 6.04 Å². The summed E-state index contributed by atoms with van der Waals surface area (Å²) in [5.41, 5.74) is 1.27. The molecule has 19 heavy (non-hydrogen) atoms. The summed E-state index contributed by atoms with van der Waals surface area (Å²) in [6, 6.07) is 10.7. The quantitative estimate of drug-likeness (QED) is 0.853. The first-order valence-electron chi connectivity index (χ1n) is 6.22. The maximum absolute atomic E-state index is 5.17. The summed E-state index contributed by atoms with van der Waals surface area (Å²) >= 11 is 5.38. The molecule has 0 spiro atoms. The smallest absolute Gasteiger partial charge is 0.118 e. The molecule has 0 aliphatic heterocycles. The van der Waals surface area contributed by atoms with Gasteiger partial charge in [-0.2, -0.15) is 0 Å². The summed E-state index contributed by atoms with van der Waals surface area (Å²) in [4.78, 5) is 2.68. The van der Waals surface area contributed by atoms with E-state index in [1.807, 2.05) is 23.5 Å². The first-order valence-corrected chi connectivity index (χ1v) is 7.83. The van der Waals surface area contributed by atoms with Gasteiger partial charge in [0.05, 0.1) is 7.11 Å². The Morgan fingerprint density at radius 1 is 1.32 bits per heavy atom. The molecule has 0 aliphatic rings. The van der Waals surface area contributed by atoms with E-state index < -0.39 is 0 Å². The Bertz CT molecular complexity index is 516. The number of hydrogen-bond acceptors (Lipinski definition) is 3. The number of ether oxygens (including phenoxy) is 1. The Labute approximate surface area is 126 Å². The van der Waals surface area contributed by atoms with Crippen LogP contribution in [0.25, 0.3) is 0 Å². The van der Waals surface area contributed by atoms with Gasteiger partial charge in [-0.05, 0) is 53.5 Å². The van der Waals surface area contributed by atoms with Crippen LogP contribution >= 0.6 is 27.3 Å². The normalized spacial score (nSPS) is 12.4. The van der Waals surface area contributed by atoms with Gasteiger partial charge in [-0.1, -0.05) is 12.1 Å². The lowest BCUT2D eigenvalue weighted by Gasteiger charge is -2.14. The topological polar surface area (TPSA) is 21.3 Å². The van der Waals surface area contributed by atoms with Crippen molar-refractivity contribution in [3.05, 3.63) is 50.1 Å². The summed E-state index contributed by atoms with van der Waals surface area (Å²) in [6.07, 6.45) is 0. The Morgan fingerprint density at radius 3 is 2.53 bits per heavy atom. The van der Waals surface area contributed by atoms with Gasteiger partial charge < -0.3 is 10.1 Å². The second-order valence-electron chi connectivity index (χ2n) is 4.49. The van der Waals surface area contributed by atoms with Gasteiger partial charge in [0.2, 0.25) is 0 Å². The zero-order valence-electron chi connectivity index (χ0n) is 11.4. The summed E-state index contributed by atoms with van der Waals surface area (Å²) in [5.74, 6) is 0.897. The largest absolute Gasteiger partial charge is 0.497 e. The van der Waals surface area contributed by atoms with Crippen LogP contribution in [0.1, 0.15) is 28.3 Å². The number of aryl methyl sites for hydroxylation is 1. The van der Waals surface area contributed by atoms with Gasteiger partial charge in [0.15, 0.2) is 0 Å². The van der Waals surface area contributed by atoms with Crippen molar-refractivity contribution in [1.82, 2.24) is 5.32 Å². The average Bonchev–Trinajstić information content (AvgIpc) is 2.75. The molecule has 2 aromatic rings. The molecule has 102 valence electrons. The predicted octanol–water partition coefficient (Wildman–Crippen LogP) is 4.68. The van der Waals surface area contributed by atoms with E-state index in [-0.39, 0.29) is 0 Å². The molecule has 0 fully saturated rings. The van der Waals surface area contributed by atoms with Crippen molar-refractivity contribution in [2.45, 2.75) is 26.4 Å². The van der Waals surface area contributed by atoms with Crippen LogP contribution in [0.5, 0.6) is 5.75 Å². The standard InChI is InChI=1S/C15H18BrNOS/c1-10(12-4-6-13(18-3)7-5-12)17-9-14-8-15(16)11(2)19-14/h4-8,10,17H,9H2,1-3H3. The molecule has 2 rings (SSSR count). The highest BCUT2D eigenvalue weighted by molar-refractivity contribution is 9.10. The molecule has 4 heteroatoms. The minimum Gasteiger partial charge on any atom is -0.497 e. The van der Waals surface area contributed by atoms with Crippen molar-refractivity contribution in [3.8, 4) is 5.75 Å². The van der Waals surface area contributed by atoms with Crippen LogP contribution in [-0.4, -0.2) is 7.11 Å². The molecular weight excluding hydrogens is 322 g/mol. The van der Waals surface area contributed by atoms with E-state index in [4.69, 9.17) is 4.74 Å². The van der Waals surface area contributed by atoms with Crippen molar-refractivity contribution >= 4 is 27.3 Å². The van der Waals surface area contributed by atoms with Crippen molar-refractivity contribution in [3.63, 3.8) is 0 Å². The van der Waals surface area contributed by atoms with Gasteiger partial charge >= 0.3 is 0 Å². The van der Waals surface area contributed by atoms with Crippen LogP contribution in [0, 0.1) is 6.92 Å². The molecule has 0 aliphatic carbocycles. The summed E-state index contributed by atoms with van der Waals surface area (Å²) in [6.45, 7) is 5.20. The molecular formula is C15H18BrNOS. The van der Waals surface area contributed by atoms with Crippen molar-refractivity contribution in [2.24, 2.45) is 0 Å². The molecule has 2 nitrogen and oxygen atoms in total. The fourth-order valence-corrected chi connectivity index (χ4v) is 3.42. The molecule has 0 radical (unpaired) electrons. The zero-order valence-corrected chi connectivity index (χ0v) is 13.8. The minimum absolute atomic E-state index is 0.326. The summed E-state index contributed by atoms with van der Waals surface area (Å²) in [7, 11) is 1.69. The van der Waals surface area contributed by atoms with Gasteiger partial charge in [0.25, 0.3) is 0 Å². The fourth-order valence-electron chi connectivity index (χ4n) is 1.87. The first-order chi connectivity index (χ1) is 9.10. The molecule has 0 amide bonds. The number of hydrogen-bond donors (Lipinski definition) is 1. The van der Waals surface area contributed by atoms with Crippen LogP contribution in [0.3, 0.4) is 0 Å². The average molecular weight is 340 g/mol. The molecule has 1 heterocycles. The van der Waals surface area contributed by atoms with E-state index in [1.54, 1.807) is 7.11 Å². The van der Waals surface area contributed by atoms with Crippen molar-refractivity contribution < 1.29 is 4.74 Å². The Morgan fingerprint density at radius 2 is 2.00 bits per heavy atom. The summed E-state index contributed by atoms with van der Waals surface area (Å²) in [5, 5.41) is 3.54. The number of methoxy groups -OCH3 is 1. The van der Waals surface area contributed by atoms with Crippen LogP contribution < -0.4 is 10.1 Å². The molecule has 1 N–H and O–H groups in total. The molecule has 1 atom stereocenters. The molecule has 0 saturated heterocycles. The Kier molecular flexibility index (Phi) is 5.02. The fraction of sp³-hybridized carbons (Fsp3) is 0.333. The highest BCUT2D eigenvalue weighted by Crippen LogP contribution is 2.26. The zero-order chi connectivity index (χ0) is 13.8. The lowest BCUT2D eigenvalue weighted by atomic mass is 10.1. The van der Waals surface area contributed by atoms with Crippen LogP contribution in [0.15, 0.2) is 34.8 Å². The van der Waals surface area contributed by atoms with Crippen molar-refractivity contribution in [2.75, 3.05) is 7.11 Å². The highest BCUT2D eigenvalue weighted by Gasteiger charge is 2.07. The third-order valence-electron chi connectivity index (χ3n) is 3.11. The SMILES string of the molecule is COc1ccc(C(C)NCc2cc(Br)c(C)s2)cc1. The number of thiophene rings is 1. The Balaban J connectivity index is 1.94. The van der Waals surface area contributed by atoms with E-state index in [1.165, 1.54) is 19.8 Å². The number of halogens is 1. The maximum Gasteiger partial charge on any atom is 0.118 e. The predicted molar refractivity (Wildman–Crippen MR) is 85.0 cm³/mol. The lowest BCUT2D eigenvalue weighted by molar-refractivity contribution is 0.414. The number of benzene rings is 1. The third-order valence-corrected chi connectivity index (χ3v) is 5.24. The molecule has 1 unspecified atom stereocenters. The lowest BCUT2D eigenvalue weighted by Crippen LogP contribution is -2.17. The van der Waals surface area contributed by atoms with Crippen LogP contribution in [0.4, 0.5) is 0 Å². The number of rotatable bonds is 5. The first kappa shape index (κ1) is 14.6. The molecule has 0 saturated carbocycles. The molecule has 1 aromatic carbocycles. The van der Waals surface area contributed by atoms with Gasteiger partial charge in [0, 0.05) is 26.8 Å².